The van der Waals surface area contributed by atoms with E-state index < -0.39 is 29.3 Å². The standard InChI is InChI=1S/C17H16BrNO4S/c1-11-9-12(7-8-14(11)18)19-16(20)10-23-17(21)13-5-3-4-6-15(13)24(2)22/h3-9H,10H2,1-2H3,(H,19,20)/t24-/m1/s1. The smallest absolute Gasteiger partial charge is 0.339 e. The van der Waals surface area contributed by atoms with Crippen LogP contribution in [0.25, 0.3) is 0 Å². The van der Waals surface area contributed by atoms with Crippen molar-refractivity contribution in [3.63, 3.8) is 0 Å². The number of hydrogen-bond acceptors (Lipinski definition) is 4. The number of halogens is 1. The van der Waals surface area contributed by atoms with E-state index in [1.807, 2.05) is 13.0 Å². The van der Waals surface area contributed by atoms with Gasteiger partial charge in [-0.1, -0.05) is 28.1 Å². The fourth-order valence-electron chi connectivity index (χ4n) is 2.01. The maximum atomic E-state index is 12.1. The first kappa shape index (κ1) is 18.4. The third kappa shape index (κ3) is 4.75. The van der Waals surface area contributed by atoms with Crippen LogP contribution < -0.4 is 5.32 Å². The number of rotatable bonds is 5. The van der Waals surface area contributed by atoms with Crippen LogP contribution in [0.4, 0.5) is 5.69 Å². The number of aryl methyl sites for hydroxylation is 1. The van der Waals surface area contributed by atoms with Gasteiger partial charge in [-0.05, 0) is 42.8 Å². The van der Waals surface area contributed by atoms with Crippen molar-refractivity contribution >= 4 is 44.3 Å². The fraction of sp³-hybridized carbons (Fsp3) is 0.176. The third-order valence-corrected chi connectivity index (χ3v) is 5.06. The summed E-state index contributed by atoms with van der Waals surface area (Å²) in [4.78, 5) is 24.4. The number of nitrogens with one attached hydrogen (secondary N) is 1. The maximum absolute atomic E-state index is 12.1. The Morgan fingerprint density at radius 3 is 2.58 bits per heavy atom. The van der Waals surface area contributed by atoms with Crippen molar-refractivity contribution in [1.82, 2.24) is 0 Å². The Balaban J connectivity index is 1.97. The normalized spacial score (nSPS) is 11.6. The lowest BCUT2D eigenvalue weighted by molar-refractivity contribution is -0.119. The van der Waals surface area contributed by atoms with Gasteiger partial charge in [-0.2, -0.15) is 0 Å². The summed E-state index contributed by atoms with van der Waals surface area (Å²) in [6.45, 7) is 1.49. The van der Waals surface area contributed by atoms with Crippen molar-refractivity contribution in [3.8, 4) is 0 Å². The Labute approximate surface area is 151 Å². The zero-order chi connectivity index (χ0) is 17.7. The first-order valence-electron chi connectivity index (χ1n) is 7.04. The second-order valence-electron chi connectivity index (χ2n) is 5.04. The van der Waals surface area contributed by atoms with Crippen LogP contribution in [0, 0.1) is 6.92 Å². The number of esters is 1. The number of anilines is 1. The first-order valence-corrected chi connectivity index (χ1v) is 9.39. The highest BCUT2D eigenvalue weighted by Gasteiger charge is 2.16. The molecule has 1 atom stereocenters. The van der Waals surface area contributed by atoms with Crippen molar-refractivity contribution in [2.75, 3.05) is 18.2 Å². The van der Waals surface area contributed by atoms with E-state index in [1.54, 1.807) is 30.3 Å². The fourth-order valence-corrected chi connectivity index (χ4v) is 2.99. The second kappa shape index (κ2) is 8.21. The van der Waals surface area contributed by atoms with Crippen LogP contribution >= 0.6 is 15.9 Å². The quantitative estimate of drug-likeness (QED) is 0.768. The average molecular weight is 410 g/mol. The van der Waals surface area contributed by atoms with Gasteiger partial charge in [0.2, 0.25) is 0 Å². The molecule has 0 aromatic heterocycles. The monoisotopic (exact) mass is 409 g/mol. The molecule has 0 heterocycles. The van der Waals surface area contributed by atoms with Crippen molar-refractivity contribution in [1.29, 1.82) is 0 Å². The van der Waals surface area contributed by atoms with Gasteiger partial charge < -0.3 is 10.1 Å². The van der Waals surface area contributed by atoms with E-state index >= 15 is 0 Å². The van der Waals surface area contributed by atoms with Gasteiger partial charge in [0, 0.05) is 16.4 Å². The summed E-state index contributed by atoms with van der Waals surface area (Å²) < 4.78 is 17.6. The summed E-state index contributed by atoms with van der Waals surface area (Å²) in [5.41, 5.74) is 1.79. The summed E-state index contributed by atoms with van der Waals surface area (Å²) in [7, 11) is -1.32. The second-order valence-corrected chi connectivity index (χ2v) is 7.24. The molecule has 5 nitrogen and oxygen atoms in total. The van der Waals surface area contributed by atoms with E-state index in [9.17, 15) is 13.8 Å². The molecule has 7 heteroatoms. The van der Waals surface area contributed by atoms with Crippen molar-refractivity contribution in [3.05, 3.63) is 58.1 Å². The number of ether oxygens (including phenoxy) is 1. The number of benzene rings is 2. The van der Waals surface area contributed by atoms with Gasteiger partial charge in [0.1, 0.15) is 0 Å². The highest BCUT2D eigenvalue weighted by molar-refractivity contribution is 9.10. The summed E-state index contributed by atoms with van der Waals surface area (Å²) in [5, 5.41) is 2.66. The minimum Gasteiger partial charge on any atom is -0.452 e. The molecule has 0 saturated heterocycles. The Hall–Kier alpha value is -1.99. The molecule has 0 bridgehead atoms. The van der Waals surface area contributed by atoms with Gasteiger partial charge in [0.05, 0.1) is 21.3 Å². The van der Waals surface area contributed by atoms with Crippen LogP contribution in [0.1, 0.15) is 15.9 Å². The molecule has 24 heavy (non-hydrogen) atoms. The molecular weight excluding hydrogens is 394 g/mol. The Morgan fingerprint density at radius 2 is 1.92 bits per heavy atom. The molecule has 2 aromatic carbocycles. The van der Waals surface area contributed by atoms with E-state index in [-0.39, 0.29) is 5.56 Å². The topological polar surface area (TPSA) is 72.5 Å². The molecule has 0 fully saturated rings. The molecule has 126 valence electrons. The lowest BCUT2D eigenvalue weighted by Gasteiger charge is -2.09. The van der Waals surface area contributed by atoms with Crippen LogP contribution in [-0.4, -0.2) is 28.9 Å². The van der Waals surface area contributed by atoms with Crippen LogP contribution in [0.3, 0.4) is 0 Å². The highest BCUT2D eigenvalue weighted by Crippen LogP contribution is 2.20. The molecule has 0 unspecified atom stereocenters. The van der Waals surface area contributed by atoms with Gasteiger partial charge >= 0.3 is 5.97 Å². The summed E-state index contributed by atoms with van der Waals surface area (Å²) in [5.74, 6) is -1.12. The van der Waals surface area contributed by atoms with Gasteiger partial charge in [-0.15, -0.1) is 0 Å². The van der Waals surface area contributed by atoms with E-state index in [2.05, 4.69) is 21.2 Å². The predicted octanol–water partition coefficient (Wildman–Crippen LogP) is 3.29. The summed E-state index contributed by atoms with van der Waals surface area (Å²) in [6.07, 6.45) is 1.48. The zero-order valence-corrected chi connectivity index (χ0v) is 15.6. The van der Waals surface area contributed by atoms with E-state index in [4.69, 9.17) is 4.74 Å². The molecule has 0 saturated carbocycles. The van der Waals surface area contributed by atoms with Crippen molar-refractivity contribution in [2.24, 2.45) is 0 Å². The third-order valence-electron chi connectivity index (χ3n) is 3.19. The minimum absolute atomic E-state index is 0.200. The molecule has 2 rings (SSSR count). The molecule has 1 N–H and O–H groups in total. The Kier molecular flexibility index (Phi) is 6.28. The van der Waals surface area contributed by atoms with E-state index in [1.165, 1.54) is 12.3 Å². The number of hydrogen-bond donors (Lipinski definition) is 1. The number of carbonyl (C=O) groups excluding carboxylic acids is 2. The molecule has 0 spiro atoms. The molecule has 0 aliphatic rings. The highest BCUT2D eigenvalue weighted by atomic mass is 79.9. The molecule has 2 aromatic rings. The minimum atomic E-state index is -1.32. The predicted molar refractivity (Wildman–Crippen MR) is 96.6 cm³/mol. The average Bonchev–Trinajstić information content (AvgIpc) is 2.56. The van der Waals surface area contributed by atoms with Crippen molar-refractivity contribution in [2.45, 2.75) is 11.8 Å². The largest absolute Gasteiger partial charge is 0.452 e. The van der Waals surface area contributed by atoms with Gasteiger partial charge in [-0.3, -0.25) is 9.00 Å². The molecule has 0 aliphatic heterocycles. The lowest BCUT2D eigenvalue weighted by atomic mass is 10.2. The van der Waals surface area contributed by atoms with Crippen molar-refractivity contribution < 1.29 is 18.5 Å². The SMILES string of the molecule is Cc1cc(NC(=O)COC(=O)c2ccccc2[S@@](C)=O)ccc1Br. The van der Waals surface area contributed by atoms with Crippen LogP contribution in [-0.2, 0) is 20.3 Å². The van der Waals surface area contributed by atoms with Crippen LogP contribution in [0.15, 0.2) is 51.8 Å². The van der Waals surface area contributed by atoms with Crippen LogP contribution in [0.5, 0.6) is 0 Å². The van der Waals surface area contributed by atoms with Crippen LogP contribution in [0.2, 0.25) is 0 Å². The van der Waals surface area contributed by atoms with Gasteiger partial charge in [0.15, 0.2) is 6.61 Å². The lowest BCUT2D eigenvalue weighted by Crippen LogP contribution is -2.21. The van der Waals surface area contributed by atoms with E-state index in [0.717, 1.165) is 10.0 Å². The summed E-state index contributed by atoms with van der Waals surface area (Å²) in [6, 6.07) is 11.8. The number of amides is 1. The van der Waals surface area contributed by atoms with Gasteiger partial charge in [-0.25, -0.2) is 4.79 Å². The maximum Gasteiger partial charge on any atom is 0.339 e. The zero-order valence-electron chi connectivity index (χ0n) is 13.2. The molecule has 1 amide bonds. The first-order chi connectivity index (χ1) is 11.4. The molecular formula is C17H16BrNO4S. The molecule has 0 radical (unpaired) electrons. The number of carbonyl (C=O) groups is 2. The van der Waals surface area contributed by atoms with Gasteiger partial charge in [0.25, 0.3) is 5.91 Å². The Morgan fingerprint density at radius 1 is 1.21 bits per heavy atom. The molecule has 0 aliphatic carbocycles. The summed E-state index contributed by atoms with van der Waals surface area (Å²) >= 11 is 3.38. The van der Waals surface area contributed by atoms with E-state index in [0.29, 0.717) is 10.6 Å². The Bertz CT molecular complexity index is 807.